The molecule has 100 valence electrons. The van der Waals surface area contributed by atoms with Gasteiger partial charge in [0.25, 0.3) is 0 Å². The molecule has 0 heterocycles. The van der Waals surface area contributed by atoms with E-state index in [2.05, 4.69) is 19.2 Å². The van der Waals surface area contributed by atoms with Crippen LogP contribution in [0.5, 0.6) is 0 Å². The molecular weight excluding hydrogens is 272 g/mol. The van der Waals surface area contributed by atoms with Gasteiger partial charge >= 0.3 is 0 Å². The largest absolute Gasteiger partial charge is 0.379 e. The van der Waals surface area contributed by atoms with Crippen LogP contribution in [0.4, 0.5) is 10.1 Å². The van der Waals surface area contributed by atoms with Crippen molar-refractivity contribution in [1.82, 2.24) is 0 Å². The second kappa shape index (κ2) is 5.26. The molecule has 0 aromatic heterocycles. The highest BCUT2D eigenvalue weighted by atomic mass is 35.5. The van der Waals surface area contributed by atoms with Crippen LogP contribution in [-0.4, -0.2) is 6.04 Å². The smallest absolute Gasteiger partial charge is 0.126 e. The lowest BCUT2D eigenvalue weighted by atomic mass is 9.73. The van der Waals surface area contributed by atoms with Crippen molar-refractivity contribution in [2.45, 2.75) is 45.6 Å². The summed E-state index contributed by atoms with van der Waals surface area (Å²) < 4.78 is 13.1. The van der Waals surface area contributed by atoms with Gasteiger partial charge < -0.3 is 5.32 Å². The molecule has 4 heteroatoms. The van der Waals surface area contributed by atoms with E-state index in [1.165, 1.54) is 31.4 Å². The van der Waals surface area contributed by atoms with Gasteiger partial charge in [0, 0.05) is 6.04 Å². The minimum atomic E-state index is -0.404. The van der Waals surface area contributed by atoms with E-state index >= 15 is 0 Å². The first-order chi connectivity index (χ1) is 8.40. The molecule has 0 saturated heterocycles. The summed E-state index contributed by atoms with van der Waals surface area (Å²) in [6.45, 7) is 4.49. The van der Waals surface area contributed by atoms with Gasteiger partial charge in [0.05, 0.1) is 15.7 Å². The van der Waals surface area contributed by atoms with Crippen molar-refractivity contribution >= 4 is 28.9 Å². The molecule has 1 aliphatic rings. The van der Waals surface area contributed by atoms with Crippen LogP contribution >= 0.6 is 23.2 Å². The van der Waals surface area contributed by atoms with Gasteiger partial charge in [-0.15, -0.1) is 0 Å². The number of rotatable bonds is 2. The highest BCUT2D eigenvalue weighted by Crippen LogP contribution is 2.40. The predicted octanol–water partition coefficient (Wildman–Crippen LogP) is 5.51. The molecule has 18 heavy (non-hydrogen) atoms. The predicted molar refractivity (Wildman–Crippen MR) is 76.1 cm³/mol. The molecular formula is C14H18Cl2FN. The van der Waals surface area contributed by atoms with Crippen LogP contribution in [0.3, 0.4) is 0 Å². The van der Waals surface area contributed by atoms with Crippen LogP contribution in [0.2, 0.25) is 10.0 Å². The summed E-state index contributed by atoms with van der Waals surface area (Å²) in [5.41, 5.74) is 0.860. The van der Waals surface area contributed by atoms with Crippen molar-refractivity contribution in [3.63, 3.8) is 0 Å². The minimum Gasteiger partial charge on any atom is -0.379 e. The molecule has 1 unspecified atom stereocenters. The molecule has 1 fully saturated rings. The van der Waals surface area contributed by atoms with E-state index in [1.807, 2.05) is 0 Å². The summed E-state index contributed by atoms with van der Waals surface area (Å²) in [7, 11) is 0. The quantitative estimate of drug-likeness (QED) is 0.757. The van der Waals surface area contributed by atoms with E-state index < -0.39 is 5.82 Å². The Morgan fingerprint density at radius 2 is 1.83 bits per heavy atom. The van der Waals surface area contributed by atoms with E-state index in [0.29, 0.717) is 21.8 Å². The number of hydrogen-bond donors (Lipinski definition) is 1. The molecule has 0 bridgehead atoms. The zero-order chi connectivity index (χ0) is 13.3. The van der Waals surface area contributed by atoms with Crippen LogP contribution in [0.1, 0.15) is 39.5 Å². The zero-order valence-electron chi connectivity index (χ0n) is 10.7. The zero-order valence-corrected chi connectivity index (χ0v) is 12.2. The van der Waals surface area contributed by atoms with Crippen LogP contribution in [-0.2, 0) is 0 Å². The maximum Gasteiger partial charge on any atom is 0.126 e. The molecule has 1 aliphatic carbocycles. The summed E-state index contributed by atoms with van der Waals surface area (Å²) in [6.07, 6.45) is 4.74. The molecule has 1 aromatic carbocycles. The van der Waals surface area contributed by atoms with Crippen molar-refractivity contribution in [2.24, 2.45) is 5.41 Å². The molecule has 1 atom stereocenters. The lowest BCUT2D eigenvalue weighted by molar-refractivity contribution is 0.217. The normalized spacial score (nSPS) is 22.8. The molecule has 1 saturated carbocycles. The molecule has 0 amide bonds. The van der Waals surface area contributed by atoms with E-state index in [1.54, 1.807) is 0 Å². The second-order valence-corrected chi connectivity index (χ2v) is 6.49. The maximum absolute atomic E-state index is 13.1. The van der Waals surface area contributed by atoms with Gasteiger partial charge in [0.1, 0.15) is 5.82 Å². The molecule has 1 N–H and O–H groups in total. The third-order valence-corrected chi connectivity index (χ3v) is 4.43. The van der Waals surface area contributed by atoms with Crippen LogP contribution in [0, 0.1) is 11.2 Å². The standard InChI is InChI=1S/C14H18Cl2FN/c1-14(2)6-4-3-5-12(14)18-13-10(15)7-9(17)8-11(13)16/h7-8,12,18H,3-6H2,1-2H3. The Labute approximate surface area is 118 Å². The van der Waals surface area contributed by atoms with Crippen molar-refractivity contribution in [2.75, 3.05) is 5.32 Å². The van der Waals surface area contributed by atoms with E-state index in [-0.39, 0.29) is 5.41 Å². The Kier molecular flexibility index (Phi) is 4.08. The average molecular weight is 290 g/mol. The number of hydrogen-bond acceptors (Lipinski definition) is 1. The van der Waals surface area contributed by atoms with E-state index in [9.17, 15) is 4.39 Å². The fraction of sp³-hybridized carbons (Fsp3) is 0.571. The first-order valence-electron chi connectivity index (χ1n) is 6.31. The third-order valence-electron chi connectivity index (χ3n) is 3.83. The fourth-order valence-electron chi connectivity index (χ4n) is 2.62. The Morgan fingerprint density at radius 3 is 2.39 bits per heavy atom. The van der Waals surface area contributed by atoms with Crippen molar-refractivity contribution < 1.29 is 4.39 Å². The Hall–Kier alpha value is -0.470. The number of nitrogens with one attached hydrogen (secondary N) is 1. The maximum atomic E-state index is 13.1. The summed E-state index contributed by atoms with van der Waals surface area (Å²) in [4.78, 5) is 0. The summed E-state index contributed by atoms with van der Waals surface area (Å²) in [5.74, 6) is -0.404. The lowest BCUT2D eigenvalue weighted by Crippen LogP contribution is -2.39. The SMILES string of the molecule is CC1(C)CCCCC1Nc1c(Cl)cc(F)cc1Cl. The first-order valence-corrected chi connectivity index (χ1v) is 7.07. The summed E-state index contributed by atoms with van der Waals surface area (Å²) >= 11 is 12.1. The number of benzene rings is 1. The molecule has 0 aliphatic heterocycles. The average Bonchev–Trinajstić information content (AvgIpc) is 2.24. The minimum absolute atomic E-state index is 0.208. The Bertz CT molecular complexity index is 422. The summed E-state index contributed by atoms with van der Waals surface area (Å²) in [6, 6.07) is 2.92. The Morgan fingerprint density at radius 1 is 1.22 bits per heavy atom. The number of halogens is 3. The third kappa shape index (κ3) is 2.92. The van der Waals surface area contributed by atoms with Gasteiger partial charge in [-0.2, -0.15) is 0 Å². The van der Waals surface area contributed by atoms with Crippen molar-refractivity contribution in [3.8, 4) is 0 Å². The highest BCUT2D eigenvalue weighted by molar-refractivity contribution is 6.39. The second-order valence-electron chi connectivity index (χ2n) is 5.68. The van der Waals surface area contributed by atoms with Crippen LogP contribution in [0.25, 0.3) is 0 Å². The lowest BCUT2D eigenvalue weighted by Gasteiger charge is -2.40. The topological polar surface area (TPSA) is 12.0 Å². The van der Waals surface area contributed by atoms with Gasteiger partial charge in [0.2, 0.25) is 0 Å². The first kappa shape index (κ1) is 14.0. The monoisotopic (exact) mass is 289 g/mol. The molecule has 0 spiro atoms. The molecule has 0 radical (unpaired) electrons. The van der Waals surface area contributed by atoms with Gasteiger partial charge in [0.15, 0.2) is 0 Å². The summed E-state index contributed by atoms with van der Waals surface area (Å²) in [5, 5.41) is 4.10. The van der Waals surface area contributed by atoms with Gasteiger partial charge in [-0.1, -0.05) is 49.9 Å². The van der Waals surface area contributed by atoms with Crippen molar-refractivity contribution in [3.05, 3.63) is 28.0 Å². The van der Waals surface area contributed by atoms with Crippen LogP contribution < -0.4 is 5.32 Å². The molecule has 1 aromatic rings. The van der Waals surface area contributed by atoms with Gasteiger partial charge in [-0.05, 0) is 30.4 Å². The van der Waals surface area contributed by atoms with Gasteiger partial charge in [-0.3, -0.25) is 0 Å². The highest BCUT2D eigenvalue weighted by Gasteiger charge is 2.32. The van der Waals surface area contributed by atoms with Crippen molar-refractivity contribution in [1.29, 1.82) is 0 Å². The van der Waals surface area contributed by atoms with E-state index in [4.69, 9.17) is 23.2 Å². The van der Waals surface area contributed by atoms with Crippen LogP contribution in [0.15, 0.2) is 12.1 Å². The molecule has 1 nitrogen and oxygen atoms in total. The van der Waals surface area contributed by atoms with Gasteiger partial charge in [-0.25, -0.2) is 4.39 Å². The Balaban J connectivity index is 2.23. The number of anilines is 1. The van der Waals surface area contributed by atoms with E-state index in [0.717, 1.165) is 6.42 Å². The fourth-order valence-corrected chi connectivity index (χ4v) is 3.19. The molecule has 2 rings (SSSR count).